The number of nitrogens with one attached hydrogen (secondary N) is 1. The number of aromatic nitrogens is 1. The van der Waals surface area contributed by atoms with Gasteiger partial charge in [-0.3, -0.25) is 0 Å². The minimum Gasteiger partial charge on any atom is -0.389 e. The summed E-state index contributed by atoms with van der Waals surface area (Å²) >= 11 is 8.14. The summed E-state index contributed by atoms with van der Waals surface area (Å²) in [6.45, 7) is 0. The Kier molecular flexibility index (Phi) is 4.48. The van der Waals surface area contributed by atoms with Crippen LogP contribution in [0.2, 0.25) is 0 Å². The van der Waals surface area contributed by atoms with Crippen molar-refractivity contribution >= 4 is 44.6 Å². The Morgan fingerprint density at radius 1 is 1.19 bits per heavy atom. The molecule has 0 aliphatic heterocycles. The fraction of sp³-hybridized carbons (Fsp3) is 0.0769. The van der Waals surface area contributed by atoms with Gasteiger partial charge in [0.05, 0.1) is 11.3 Å². The molecular formula is C13H9BrF3N3S. The summed E-state index contributed by atoms with van der Waals surface area (Å²) in [5.74, 6) is -0.0378. The lowest BCUT2D eigenvalue weighted by Crippen LogP contribution is -2.16. The zero-order chi connectivity index (χ0) is 15.6. The molecule has 0 unspecified atom stereocenters. The van der Waals surface area contributed by atoms with Gasteiger partial charge in [0.1, 0.15) is 16.5 Å². The molecule has 3 N–H and O–H groups in total. The number of hydrogen-bond donors (Lipinski definition) is 2. The second kappa shape index (κ2) is 5.98. The van der Waals surface area contributed by atoms with Gasteiger partial charge in [-0.1, -0.05) is 24.4 Å². The van der Waals surface area contributed by atoms with Crippen LogP contribution < -0.4 is 11.1 Å². The van der Waals surface area contributed by atoms with Gasteiger partial charge >= 0.3 is 6.18 Å². The van der Waals surface area contributed by atoms with Crippen molar-refractivity contribution in [2.24, 2.45) is 5.73 Å². The molecule has 0 aliphatic carbocycles. The van der Waals surface area contributed by atoms with Crippen molar-refractivity contribution in [3.05, 3.63) is 52.1 Å². The highest BCUT2D eigenvalue weighted by Gasteiger charge is 2.33. The van der Waals surface area contributed by atoms with E-state index in [1.807, 2.05) is 0 Å². The predicted molar refractivity (Wildman–Crippen MR) is 82.6 cm³/mol. The summed E-state index contributed by atoms with van der Waals surface area (Å²) < 4.78 is 38.9. The van der Waals surface area contributed by atoms with Crippen molar-refractivity contribution in [1.82, 2.24) is 4.98 Å². The minimum atomic E-state index is -4.54. The monoisotopic (exact) mass is 375 g/mol. The summed E-state index contributed by atoms with van der Waals surface area (Å²) in [5, 5.41) is 2.81. The fourth-order valence-corrected chi connectivity index (χ4v) is 2.15. The number of hydrogen-bond acceptors (Lipinski definition) is 3. The van der Waals surface area contributed by atoms with E-state index in [1.54, 1.807) is 24.3 Å². The number of alkyl halides is 3. The third-order valence-electron chi connectivity index (χ3n) is 2.58. The molecule has 0 bridgehead atoms. The third-order valence-corrected chi connectivity index (χ3v) is 3.49. The number of benzene rings is 1. The zero-order valence-electron chi connectivity index (χ0n) is 10.4. The fourth-order valence-electron chi connectivity index (χ4n) is 1.60. The normalized spacial score (nSPS) is 11.2. The molecule has 8 heteroatoms. The molecule has 0 amide bonds. The molecule has 0 radical (unpaired) electrons. The molecule has 21 heavy (non-hydrogen) atoms. The van der Waals surface area contributed by atoms with Crippen LogP contribution in [-0.4, -0.2) is 9.97 Å². The van der Waals surface area contributed by atoms with Gasteiger partial charge in [-0.2, -0.15) is 13.2 Å². The Bertz CT molecular complexity index is 689. The number of para-hydroxylation sites is 1. The van der Waals surface area contributed by atoms with E-state index in [9.17, 15) is 13.2 Å². The first-order valence-electron chi connectivity index (χ1n) is 5.68. The van der Waals surface area contributed by atoms with Crippen molar-refractivity contribution in [2.45, 2.75) is 6.18 Å². The number of nitrogens with zero attached hydrogens (tertiary/aromatic N) is 1. The van der Waals surface area contributed by atoms with Crippen molar-refractivity contribution in [1.29, 1.82) is 0 Å². The van der Waals surface area contributed by atoms with Crippen LogP contribution in [0.15, 0.2) is 40.9 Å². The SMILES string of the molecule is NC(=S)c1ccc(C(F)(F)F)nc1Nc1ccccc1Br. The molecule has 0 saturated heterocycles. The first kappa shape index (κ1) is 15.7. The maximum atomic E-state index is 12.8. The van der Waals surface area contributed by atoms with E-state index in [1.165, 1.54) is 6.07 Å². The van der Waals surface area contributed by atoms with Crippen LogP contribution in [0.5, 0.6) is 0 Å². The Hall–Kier alpha value is -1.67. The Morgan fingerprint density at radius 3 is 2.43 bits per heavy atom. The van der Waals surface area contributed by atoms with Crippen LogP contribution in [0.1, 0.15) is 11.3 Å². The molecule has 1 heterocycles. The van der Waals surface area contributed by atoms with E-state index >= 15 is 0 Å². The van der Waals surface area contributed by atoms with Crippen LogP contribution in [-0.2, 0) is 6.18 Å². The van der Waals surface area contributed by atoms with Gasteiger partial charge in [0, 0.05) is 4.47 Å². The second-order valence-electron chi connectivity index (χ2n) is 4.06. The third kappa shape index (κ3) is 3.70. The first-order valence-corrected chi connectivity index (χ1v) is 6.89. The van der Waals surface area contributed by atoms with Crippen molar-refractivity contribution in [2.75, 3.05) is 5.32 Å². The molecule has 2 aromatic rings. The van der Waals surface area contributed by atoms with Crippen LogP contribution in [0.3, 0.4) is 0 Å². The van der Waals surface area contributed by atoms with Crippen LogP contribution in [0.25, 0.3) is 0 Å². The lowest BCUT2D eigenvalue weighted by atomic mass is 10.2. The van der Waals surface area contributed by atoms with Crippen molar-refractivity contribution in [3.63, 3.8) is 0 Å². The van der Waals surface area contributed by atoms with Crippen molar-refractivity contribution in [3.8, 4) is 0 Å². The van der Waals surface area contributed by atoms with E-state index in [-0.39, 0.29) is 16.4 Å². The van der Waals surface area contributed by atoms with Gasteiger partial charge in [-0.05, 0) is 40.2 Å². The van der Waals surface area contributed by atoms with Crippen molar-refractivity contribution < 1.29 is 13.2 Å². The van der Waals surface area contributed by atoms with Gasteiger partial charge in [0.2, 0.25) is 0 Å². The lowest BCUT2D eigenvalue weighted by Gasteiger charge is -2.14. The average Bonchev–Trinajstić information content (AvgIpc) is 2.40. The van der Waals surface area contributed by atoms with E-state index < -0.39 is 11.9 Å². The minimum absolute atomic E-state index is 0.0363. The summed E-state index contributed by atoms with van der Waals surface area (Å²) in [6, 6.07) is 9.01. The molecule has 1 aromatic carbocycles. The molecule has 2 rings (SSSR count). The average molecular weight is 376 g/mol. The van der Waals surface area contributed by atoms with Crippen LogP contribution >= 0.6 is 28.1 Å². The highest BCUT2D eigenvalue weighted by Crippen LogP contribution is 2.31. The molecule has 0 saturated carbocycles. The number of anilines is 2. The molecule has 0 atom stereocenters. The number of nitrogens with two attached hydrogens (primary N) is 1. The number of rotatable bonds is 3. The number of halogens is 4. The molecule has 3 nitrogen and oxygen atoms in total. The first-order chi connectivity index (χ1) is 9.79. The molecular weight excluding hydrogens is 367 g/mol. The largest absolute Gasteiger partial charge is 0.433 e. The summed E-state index contributed by atoms with van der Waals surface area (Å²) in [7, 11) is 0. The lowest BCUT2D eigenvalue weighted by molar-refractivity contribution is -0.141. The van der Waals surface area contributed by atoms with Gasteiger partial charge in [-0.25, -0.2) is 4.98 Å². The Labute approximate surface area is 132 Å². The smallest absolute Gasteiger partial charge is 0.389 e. The maximum Gasteiger partial charge on any atom is 0.433 e. The van der Waals surface area contributed by atoms with Gasteiger partial charge in [0.15, 0.2) is 0 Å². The number of pyridine rings is 1. The second-order valence-corrected chi connectivity index (χ2v) is 5.35. The van der Waals surface area contributed by atoms with Gasteiger partial charge < -0.3 is 11.1 Å². The van der Waals surface area contributed by atoms with E-state index in [4.69, 9.17) is 18.0 Å². The predicted octanol–water partition coefficient (Wildman–Crippen LogP) is 4.24. The van der Waals surface area contributed by atoms with Crippen LogP contribution in [0, 0.1) is 0 Å². The maximum absolute atomic E-state index is 12.8. The molecule has 0 spiro atoms. The summed E-state index contributed by atoms with van der Waals surface area (Å²) in [5.41, 5.74) is 5.31. The van der Waals surface area contributed by atoms with Gasteiger partial charge in [-0.15, -0.1) is 0 Å². The van der Waals surface area contributed by atoms with Crippen LogP contribution in [0.4, 0.5) is 24.7 Å². The van der Waals surface area contributed by atoms with E-state index in [0.29, 0.717) is 10.2 Å². The zero-order valence-corrected chi connectivity index (χ0v) is 12.8. The van der Waals surface area contributed by atoms with E-state index in [2.05, 4.69) is 26.2 Å². The quantitative estimate of drug-likeness (QED) is 0.787. The standard InChI is InChI=1S/C13H9BrF3N3S/c14-8-3-1-2-4-9(8)19-12-7(11(18)21)5-6-10(20-12)13(15,16)17/h1-6H,(H2,18,21)(H,19,20). The Balaban J connectivity index is 2.49. The molecule has 0 aliphatic rings. The highest BCUT2D eigenvalue weighted by molar-refractivity contribution is 9.10. The summed E-state index contributed by atoms with van der Waals surface area (Å²) in [4.78, 5) is 3.54. The van der Waals surface area contributed by atoms with E-state index in [0.717, 1.165) is 6.07 Å². The molecule has 110 valence electrons. The highest BCUT2D eigenvalue weighted by atomic mass is 79.9. The number of thiocarbonyl (C=S) groups is 1. The Morgan fingerprint density at radius 2 is 1.86 bits per heavy atom. The van der Waals surface area contributed by atoms with Gasteiger partial charge in [0.25, 0.3) is 0 Å². The topological polar surface area (TPSA) is 50.9 Å². The molecule has 1 aromatic heterocycles. The molecule has 0 fully saturated rings. The summed E-state index contributed by atoms with van der Waals surface area (Å²) in [6.07, 6.45) is -4.54.